The Morgan fingerprint density at radius 2 is 1.77 bits per heavy atom. The molecule has 0 saturated carbocycles. The minimum absolute atomic E-state index is 0.115. The first-order chi connectivity index (χ1) is 12.5. The van der Waals surface area contributed by atoms with Gasteiger partial charge >= 0.3 is 6.03 Å². The fraction of sp³-hybridized carbons (Fsp3) is 0.300. The first-order valence-corrected chi connectivity index (χ1v) is 8.62. The second-order valence-electron chi connectivity index (χ2n) is 6.13. The van der Waals surface area contributed by atoms with Gasteiger partial charge < -0.3 is 10.1 Å². The van der Waals surface area contributed by atoms with Crippen LogP contribution < -0.4 is 10.1 Å². The van der Waals surface area contributed by atoms with Crippen molar-refractivity contribution in [1.82, 2.24) is 10.2 Å². The van der Waals surface area contributed by atoms with E-state index in [9.17, 15) is 14.0 Å². The topological polar surface area (TPSA) is 58.6 Å². The van der Waals surface area contributed by atoms with E-state index in [0.29, 0.717) is 24.3 Å². The van der Waals surface area contributed by atoms with Gasteiger partial charge in [0.25, 0.3) is 5.91 Å². The largest absolute Gasteiger partial charge is 0.494 e. The van der Waals surface area contributed by atoms with Crippen molar-refractivity contribution in [2.45, 2.75) is 32.4 Å². The number of nitrogens with zero attached hydrogens (tertiary/aromatic N) is 1. The fourth-order valence-electron chi connectivity index (χ4n) is 3.24. The van der Waals surface area contributed by atoms with Gasteiger partial charge in [-0.2, -0.15) is 0 Å². The maximum atomic E-state index is 13.3. The number of hydrogen-bond donors (Lipinski definition) is 1. The van der Waals surface area contributed by atoms with Crippen molar-refractivity contribution < 1.29 is 18.7 Å². The van der Waals surface area contributed by atoms with Gasteiger partial charge in [-0.05, 0) is 37.1 Å². The van der Waals surface area contributed by atoms with E-state index in [2.05, 4.69) is 5.32 Å². The molecular weight excluding hydrogens is 335 g/mol. The molecule has 1 N–H and O–H groups in total. The molecule has 0 bridgehead atoms. The van der Waals surface area contributed by atoms with Gasteiger partial charge in [-0.15, -0.1) is 0 Å². The van der Waals surface area contributed by atoms with Crippen molar-refractivity contribution in [3.05, 3.63) is 65.5 Å². The van der Waals surface area contributed by atoms with Crippen LogP contribution in [0.2, 0.25) is 0 Å². The van der Waals surface area contributed by atoms with E-state index in [-0.39, 0.29) is 18.3 Å². The van der Waals surface area contributed by atoms with Gasteiger partial charge in [-0.25, -0.2) is 9.18 Å². The average molecular weight is 356 g/mol. The summed E-state index contributed by atoms with van der Waals surface area (Å²) in [5.41, 5.74) is 0.148. The SMILES string of the molecule is CCOc1ccccc1CN1C(=O)NC(CC)(c2ccc(F)cc2)C1=O. The van der Waals surface area contributed by atoms with Crippen LogP contribution in [-0.2, 0) is 16.9 Å². The quantitative estimate of drug-likeness (QED) is 0.805. The molecule has 3 rings (SSSR count). The van der Waals surface area contributed by atoms with Crippen molar-refractivity contribution in [2.75, 3.05) is 6.61 Å². The molecular formula is C20H21FN2O3. The first-order valence-electron chi connectivity index (χ1n) is 8.62. The highest BCUT2D eigenvalue weighted by Crippen LogP contribution is 2.34. The van der Waals surface area contributed by atoms with Crippen molar-refractivity contribution in [3.8, 4) is 5.75 Å². The van der Waals surface area contributed by atoms with E-state index < -0.39 is 11.6 Å². The summed E-state index contributed by atoms with van der Waals surface area (Å²) in [7, 11) is 0. The Balaban J connectivity index is 1.92. The van der Waals surface area contributed by atoms with Crippen LogP contribution in [0.4, 0.5) is 9.18 Å². The highest BCUT2D eigenvalue weighted by atomic mass is 19.1. The smallest absolute Gasteiger partial charge is 0.325 e. The van der Waals surface area contributed by atoms with E-state index in [4.69, 9.17) is 4.74 Å². The highest BCUT2D eigenvalue weighted by molar-refractivity contribution is 6.07. The number of benzene rings is 2. The summed E-state index contributed by atoms with van der Waals surface area (Å²) in [6.07, 6.45) is 0.368. The first kappa shape index (κ1) is 17.9. The van der Waals surface area contributed by atoms with Gasteiger partial charge in [0.05, 0.1) is 13.2 Å². The molecule has 1 fully saturated rings. The number of halogens is 1. The molecule has 0 spiro atoms. The highest BCUT2D eigenvalue weighted by Gasteiger charge is 2.51. The summed E-state index contributed by atoms with van der Waals surface area (Å²) < 4.78 is 18.8. The Hall–Kier alpha value is -2.89. The molecule has 26 heavy (non-hydrogen) atoms. The molecule has 6 heteroatoms. The van der Waals surface area contributed by atoms with Crippen molar-refractivity contribution in [3.63, 3.8) is 0 Å². The maximum absolute atomic E-state index is 13.3. The third kappa shape index (κ3) is 3.03. The lowest BCUT2D eigenvalue weighted by Crippen LogP contribution is -2.43. The van der Waals surface area contributed by atoms with E-state index in [1.165, 1.54) is 29.2 Å². The standard InChI is InChI=1S/C20H21FN2O3/c1-3-20(15-9-11-16(21)12-10-15)18(24)23(19(25)22-20)13-14-7-5-6-8-17(14)26-4-2/h5-12H,3-4,13H2,1-2H3,(H,22,25). The molecule has 2 aromatic rings. The van der Waals surface area contributed by atoms with Crippen LogP contribution in [0.3, 0.4) is 0 Å². The molecule has 2 aromatic carbocycles. The molecule has 3 amide bonds. The van der Waals surface area contributed by atoms with Crippen molar-refractivity contribution >= 4 is 11.9 Å². The zero-order valence-corrected chi connectivity index (χ0v) is 14.8. The van der Waals surface area contributed by atoms with Crippen LogP contribution in [0.25, 0.3) is 0 Å². The Morgan fingerprint density at radius 3 is 2.42 bits per heavy atom. The summed E-state index contributed by atoms with van der Waals surface area (Å²) >= 11 is 0. The summed E-state index contributed by atoms with van der Waals surface area (Å²) in [4.78, 5) is 26.9. The van der Waals surface area contributed by atoms with E-state index in [1.54, 1.807) is 0 Å². The molecule has 1 aliphatic heterocycles. The molecule has 5 nitrogen and oxygen atoms in total. The lowest BCUT2D eigenvalue weighted by molar-refractivity contribution is -0.132. The molecule has 1 heterocycles. The molecule has 0 aliphatic carbocycles. The van der Waals surface area contributed by atoms with Crippen LogP contribution >= 0.6 is 0 Å². The summed E-state index contributed by atoms with van der Waals surface area (Å²) in [5, 5.41) is 2.80. The van der Waals surface area contributed by atoms with Crippen LogP contribution in [0.5, 0.6) is 5.75 Å². The molecule has 1 atom stereocenters. The van der Waals surface area contributed by atoms with Gasteiger partial charge in [0.1, 0.15) is 17.1 Å². The molecule has 1 saturated heterocycles. The fourth-order valence-corrected chi connectivity index (χ4v) is 3.24. The van der Waals surface area contributed by atoms with Crippen molar-refractivity contribution in [2.24, 2.45) is 0 Å². The molecule has 0 radical (unpaired) electrons. The number of ether oxygens (including phenoxy) is 1. The van der Waals surface area contributed by atoms with Gasteiger partial charge in [0, 0.05) is 5.56 Å². The number of hydrogen-bond acceptors (Lipinski definition) is 3. The van der Waals surface area contributed by atoms with Crippen LogP contribution in [0, 0.1) is 5.82 Å². The molecule has 136 valence electrons. The minimum atomic E-state index is -1.18. The van der Waals surface area contributed by atoms with Crippen molar-refractivity contribution in [1.29, 1.82) is 0 Å². The van der Waals surface area contributed by atoms with E-state index >= 15 is 0 Å². The lowest BCUT2D eigenvalue weighted by atomic mass is 9.87. The molecule has 1 aliphatic rings. The predicted octanol–water partition coefficient (Wildman–Crippen LogP) is 3.58. The zero-order valence-electron chi connectivity index (χ0n) is 14.8. The van der Waals surface area contributed by atoms with Crippen LogP contribution in [-0.4, -0.2) is 23.4 Å². The number of nitrogens with one attached hydrogen (secondary N) is 1. The number of carbonyl (C=O) groups is 2. The van der Waals surface area contributed by atoms with Gasteiger partial charge in [-0.1, -0.05) is 37.3 Å². The predicted molar refractivity (Wildman–Crippen MR) is 95.1 cm³/mol. The Bertz CT molecular complexity index is 822. The zero-order chi connectivity index (χ0) is 18.7. The monoisotopic (exact) mass is 356 g/mol. The second-order valence-corrected chi connectivity index (χ2v) is 6.13. The summed E-state index contributed by atoms with van der Waals surface area (Å²) in [5.74, 6) is -0.0893. The maximum Gasteiger partial charge on any atom is 0.325 e. The number of rotatable bonds is 6. The number of para-hydroxylation sites is 1. The number of carbonyl (C=O) groups excluding carboxylic acids is 2. The summed E-state index contributed by atoms with van der Waals surface area (Å²) in [6, 6.07) is 12.5. The third-order valence-corrected chi connectivity index (χ3v) is 4.64. The van der Waals surface area contributed by atoms with Crippen LogP contribution in [0.1, 0.15) is 31.4 Å². The molecule has 1 unspecified atom stereocenters. The second kappa shape index (κ2) is 7.15. The van der Waals surface area contributed by atoms with E-state index in [0.717, 1.165) is 5.56 Å². The van der Waals surface area contributed by atoms with Gasteiger partial charge in [0.2, 0.25) is 0 Å². The van der Waals surface area contributed by atoms with Gasteiger partial charge in [-0.3, -0.25) is 9.69 Å². The van der Waals surface area contributed by atoms with Gasteiger partial charge in [0.15, 0.2) is 0 Å². The molecule has 0 aromatic heterocycles. The minimum Gasteiger partial charge on any atom is -0.494 e. The van der Waals surface area contributed by atoms with Crippen LogP contribution in [0.15, 0.2) is 48.5 Å². The number of amides is 3. The summed E-state index contributed by atoms with van der Waals surface area (Å²) in [6.45, 7) is 4.30. The Labute approximate surface area is 151 Å². The third-order valence-electron chi connectivity index (χ3n) is 4.64. The lowest BCUT2D eigenvalue weighted by Gasteiger charge is -2.26. The number of imide groups is 1. The normalized spacial score (nSPS) is 19.6. The number of urea groups is 1. The Kier molecular flexibility index (Phi) is 4.93. The Morgan fingerprint density at radius 1 is 1.08 bits per heavy atom. The average Bonchev–Trinajstić information content (AvgIpc) is 2.89. The van der Waals surface area contributed by atoms with E-state index in [1.807, 2.05) is 38.1 Å².